The molecule has 0 aromatic heterocycles. The van der Waals surface area contributed by atoms with Crippen molar-refractivity contribution in [2.45, 2.75) is 37.5 Å². The van der Waals surface area contributed by atoms with Crippen LogP contribution in [0.2, 0.25) is 0 Å². The van der Waals surface area contributed by atoms with Crippen LogP contribution in [-0.4, -0.2) is 14.7 Å². The maximum Gasteiger partial charge on any atom is 0.175 e. The number of benzene rings is 1. The molecule has 0 radical (unpaired) electrons. The number of hydrogen-bond acceptors (Lipinski definition) is 2. The van der Waals surface area contributed by atoms with E-state index in [9.17, 15) is 8.42 Å². The van der Waals surface area contributed by atoms with Gasteiger partial charge in [0.15, 0.2) is 9.84 Å². The van der Waals surface area contributed by atoms with E-state index in [1.54, 1.807) is 12.1 Å². The Bertz CT molecular complexity index is 467. The Morgan fingerprint density at radius 1 is 1.19 bits per heavy atom. The van der Waals surface area contributed by atoms with Gasteiger partial charge < -0.3 is 0 Å². The molecule has 1 saturated carbocycles. The summed E-state index contributed by atoms with van der Waals surface area (Å²) in [6.45, 7) is 2.23. The second kappa shape index (κ2) is 3.88. The Balaban J connectivity index is 2.14. The third kappa shape index (κ3) is 2.46. The van der Waals surface area contributed by atoms with Gasteiger partial charge in [0.2, 0.25) is 0 Å². The lowest BCUT2D eigenvalue weighted by molar-refractivity contribution is 0.488. The van der Waals surface area contributed by atoms with Gasteiger partial charge in [-0.3, -0.25) is 0 Å². The zero-order valence-electron chi connectivity index (χ0n) is 9.86. The van der Waals surface area contributed by atoms with Crippen LogP contribution in [0.25, 0.3) is 0 Å². The third-order valence-electron chi connectivity index (χ3n) is 3.64. The topological polar surface area (TPSA) is 34.1 Å². The number of sulfone groups is 1. The fourth-order valence-electron chi connectivity index (χ4n) is 2.12. The molecule has 0 amide bonds. The summed E-state index contributed by atoms with van der Waals surface area (Å²) in [5, 5.41) is 0. The van der Waals surface area contributed by atoms with E-state index in [1.165, 1.54) is 31.1 Å². The van der Waals surface area contributed by atoms with Crippen molar-refractivity contribution in [1.82, 2.24) is 0 Å². The van der Waals surface area contributed by atoms with E-state index in [1.807, 2.05) is 12.1 Å². The van der Waals surface area contributed by atoms with Gasteiger partial charge in [0.05, 0.1) is 4.90 Å². The molecule has 3 heteroatoms. The molecule has 0 saturated heterocycles. The molecule has 0 heterocycles. The molecular weight excluding hydrogens is 220 g/mol. The summed E-state index contributed by atoms with van der Waals surface area (Å²) in [5.74, 6) is 0. The van der Waals surface area contributed by atoms with Crippen molar-refractivity contribution >= 4 is 9.84 Å². The normalized spacial score (nSPS) is 18.4. The van der Waals surface area contributed by atoms with Gasteiger partial charge in [-0.05, 0) is 42.4 Å². The maximum atomic E-state index is 11.3. The van der Waals surface area contributed by atoms with Crippen LogP contribution in [0.1, 0.15) is 31.7 Å². The molecule has 2 rings (SSSR count). The van der Waals surface area contributed by atoms with Crippen LogP contribution in [0.15, 0.2) is 29.2 Å². The van der Waals surface area contributed by atoms with Gasteiger partial charge in [0.25, 0.3) is 0 Å². The monoisotopic (exact) mass is 238 g/mol. The van der Waals surface area contributed by atoms with Gasteiger partial charge in [-0.25, -0.2) is 8.42 Å². The Kier molecular flexibility index (Phi) is 2.82. The average molecular weight is 238 g/mol. The predicted molar refractivity (Wildman–Crippen MR) is 65.2 cm³/mol. The van der Waals surface area contributed by atoms with Crippen LogP contribution in [0, 0.1) is 5.41 Å². The van der Waals surface area contributed by atoms with Crippen LogP contribution in [0.4, 0.5) is 0 Å². The van der Waals surface area contributed by atoms with Crippen LogP contribution in [0.5, 0.6) is 0 Å². The summed E-state index contributed by atoms with van der Waals surface area (Å²) < 4.78 is 22.6. The summed E-state index contributed by atoms with van der Waals surface area (Å²) in [6.07, 6.45) is 6.19. The smallest absolute Gasteiger partial charge is 0.175 e. The lowest BCUT2D eigenvalue weighted by atomic mass is 9.94. The highest BCUT2D eigenvalue weighted by Crippen LogP contribution is 2.51. The van der Waals surface area contributed by atoms with Crippen molar-refractivity contribution < 1.29 is 8.42 Å². The lowest BCUT2D eigenvalue weighted by Gasteiger charge is -2.12. The summed E-state index contributed by atoms with van der Waals surface area (Å²) >= 11 is 0. The minimum Gasteiger partial charge on any atom is -0.224 e. The highest BCUT2D eigenvalue weighted by atomic mass is 32.2. The first-order valence-electron chi connectivity index (χ1n) is 5.74. The van der Waals surface area contributed by atoms with Crippen LogP contribution in [-0.2, 0) is 16.3 Å². The molecule has 16 heavy (non-hydrogen) atoms. The van der Waals surface area contributed by atoms with Crippen LogP contribution >= 0.6 is 0 Å². The molecule has 0 spiro atoms. The second-order valence-electron chi connectivity index (χ2n) is 4.95. The average Bonchev–Trinajstić information content (AvgIpc) is 2.98. The Morgan fingerprint density at radius 3 is 2.12 bits per heavy atom. The van der Waals surface area contributed by atoms with E-state index >= 15 is 0 Å². The SMILES string of the molecule is CCC1(Cc2ccc(S(C)(=O)=O)cc2)CC1. The van der Waals surface area contributed by atoms with Crippen LogP contribution < -0.4 is 0 Å². The van der Waals surface area contributed by atoms with Gasteiger partial charge in [-0.1, -0.05) is 25.5 Å². The van der Waals surface area contributed by atoms with Gasteiger partial charge >= 0.3 is 0 Å². The Hall–Kier alpha value is -0.830. The van der Waals surface area contributed by atoms with E-state index in [0.717, 1.165) is 6.42 Å². The molecule has 88 valence electrons. The molecule has 0 aliphatic heterocycles. The van der Waals surface area contributed by atoms with E-state index < -0.39 is 9.84 Å². The first kappa shape index (κ1) is 11.6. The zero-order chi connectivity index (χ0) is 11.8. The molecule has 2 nitrogen and oxygen atoms in total. The minimum absolute atomic E-state index is 0.414. The summed E-state index contributed by atoms with van der Waals surface area (Å²) in [5.41, 5.74) is 1.78. The van der Waals surface area contributed by atoms with E-state index in [-0.39, 0.29) is 0 Å². The van der Waals surface area contributed by atoms with Crippen molar-refractivity contribution in [3.63, 3.8) is 0 Å². The van der Waals surface area contributed by atoms with Crippen molar-refractivity contribution in [3.05, 3.63) is 29.8 Å². The molecule has 0 unspecified atom stereocenters. The summed E-state index contributed by atoms with van der Waals surface area (Å²) in [7, 11) is -3.05. The molecule has 1 aliphatic rings. The Labute approximate surface area is 97.6 Å². The van der Waals surface area contributed by atoms with E-state index in [2.05, 4.69) is 6.92 Å². The second-order valence-corrected chi connectivity index (χ2v) is 6.96. The van der Waals surface area contributed by atoms with E-state index in [0.29, 0.717) is 10.3 Å². The van der Waals surface area contributed by atoms with Crippen molar-refractivity contribution in [2.24, 2.45) is 5.41 Å². The molecule has 1 aromatic rings. The largest absolute Gasteiger partial charge is 0.224 e. The minimum atomic E-state index is -3.05. The van der Waals surface area contributed by atoms with E-state index in [4.69, 9.17) is 0 Å². The number of hydrogen-bond donors (Lipinski definition) is 0. The molecule has 0 bridgehead atoms. The van der Waals surface area contributed by atoms with Crippen molar-refractivity contribution in [2.75, 3.05) is 6.26 Å². The predicted octanol–water partition coefficient (Wildman–Crippen LogP) is 2.82. The first-order valence-corrected chi connectivity index (χ1v) is 7.63. The lowest BCUT2D eigenvalue weighted by Crippen LogP contribution is -2.03. The highest BCUT2D eigenvalue weighted by Gasteiger charge is 2.40. The summed E-state index contributed by atoms with van der Waals surface area (Å²) in [6, 6.07) is 7.34. The molecule has 0 N–H and O–H groups in total. The quantitative estimate of drug-likeness (QED) is 0.808. The summed E-state index contributed by atoms with van der Waals surface area (Å²) in [4.78, 5) is 0.414. The van der Waals surface area contributed by atoms with Gasteiger partial charge in [-0.15, -0.1) is 0 Å². The fourth-order valence-corrected chi connectivity index (χ4v) is 2.75. The van der Waals surface area contributed by atoms with Crippen molar-refractivity contribution in [3.8, 4) is 0 Å². The molecule has 0 atom stereocenters. The first-order chi connectivity index (χ1) is 7.45. The fraction of sp³-hybridized carbons (Fsp3) is 0.538. The molecule has 1 aliphatic carbocycles. The van der Waals surface area contributed by atoms with Crippen molar-refractivity contribution in [1.29, 1.82) is 0 Å². The Morgan fingerprint density at radius 2 is 1.75 bits per heavy atom. The number of rotatable bonds is 4. The maximum absolute atomic E-state index is 11.3. The zero-order valence-corrected chi connectivity index (χ0v) is 10.7. The third-order valence-corrected chi connectivity index (χ3v) is 4.77. The molecule has 1 fully saturated rings. The highest BCUT2D eigenvalue weighted by molar-refractivity contribution is 7.90. The van der Waals surface area contributed by atoms with Gasteiger partial charge in [-0.2, -0.15) is 0 Å². The standard InChI is InChI=1S/C13H18O2S/c1-3-13(8-9-13)10-11-4-6-12(7-5-11)16(2,14)15/h4-7H,3,8-10H2,1-2H3. The van der Waals surface area contributed by atoms with Gasteiger partial charge in [0, 0.05) is 6.26 Å². The van der Waals surface area contributed by atoms with Crippen LogP contribution in [0.3, 0.4) is 0 Å². The molecular formula is C13H18O2S. The van der Waals surface area contributed by atoms with Gasteiger partial charge in [0.1, 0.15) is 0 Å². The molecule has 1 aromatic carbocycles.